The van der Waals surface area contributed by atoms with E-state index in [1.165, 1.54) is 11.0 Å². The van der Waals surface area contributed by atoms with Crippen molar-refractivity contribution in [2.45, 2.75) is 63.3 Å². The van der Waals surface area contributed by atoms with Gasteiger partial charge in [-0.25, -0.2) is 14.6 Å². The molecule has 1 saturated carbocycles. The Labute approximate surface area is 184 Å². The number of carbonyl (C=O) groups is 1. The van der Waals surface area contributed by atoms with Crippen LogP contribution in [0, 0.1) is 0 Å². The number of nitrogens with zero attached hydrogens (tertiary/aromatic N) is 4. The molecule has 1 aliphatic heterocycles. The second kappa shape index (κ2) is 8.12. The lowest BCUT2D eigenvalue weighted by Gasteiger charge is -2.16. The number of amides is 1. The summed E-state index contributed by atoms with van der Waals surface area (Å²) in [5.74, 6) is 0.360. The zero-order valence-corrected chi connectivity index (χ0v) is 17.8. The van der Waals surface area contributed by atoms with Gasteiger partial charge in [0.05, 0.1) is 11.5 Å². The molecule has 0 radical (unpaired) electrons. The zero-order chi connectivity index (χ0) is 22.4. The molecule has 32 heavy (non-hydrogen) atoms. The van der Waals surface area contributed by atoms with Crippen molar-refractivity contribution in [1.29, 1.82) is 0 Å². The number of nitrogens with one attached hydrogen (secondary N) is 2. The molecule has 168 valence electrons. The first kappa shape index (κ1) is 20.8. The molecule has 0 bridgehead atoms. The van der Waals surface area contributed by atoms with Crippen molar-refractivity contribution in [2.24, 2.45) is 0 Å². The number of anilines is 1. The summed E-state index contributed by atoms with van der Waals surface area (Å²) in [7, 11) is 0. The van der Waals surface area contributed by atoms with Crippen LogP contribution in [-0.2, 0) is 9.53 Å². The summed E-state index contributed by atoms with van der Waals surface area (Å²) < 4.78 is 7.28. The minimum atomic E-state index is -1.16. The van der Waals surface area contributed by atoms with E-state index in [0.717, 1.165) is 18.4 Å². The molecule has 3 heterocycles. The van der Waals surface area contributed by atoms with Crippen molar-refractivity contribution in [2.75, 3.05) is 5.32 Å². The fourth-order valence-electron chi connectivity index (χ4n) is 3.91. The topological polar surface area (TPSA) is 134 Å². The van der Waals surface area contributed by atoms with Crippen molar-refractivity contribution in [3.63, 3.8) is 0 Å². The van der Waals surface area contributed by atoms with E-state index >= 15 is 0 Å². The van der Waals surface area contributed by atoms with Crippen LogP contribution in [0.25, 0.3) is 22.3 Å². The second-order valence-electron chi connectivity index (χ2n) is 8.44. The first-order valence-corrected chi connectivity index (χ1v) is 10.8. The zero-order valence-electron chi connectivity index (χ0n) is 17.8. The van der Waals surface area contributed by atoms with E-state index in [2.05, 4.69) is 20.6 Å². The number of hydrogen-bond acceptors (Lipinski definition) is 8. The van der Waals surface area contributed by atoms with Crippen LogP contribution >= 0.6 is 0 Å². The van der Waals surface area contributed by atoms with E-state index in [1.54, 1.807) is 13.8 Å². The van der Waals surface area contributed by atoms with E-state index in [1.807, 2.05) is 30.3 Å². The first-order chi connectivity index (χ1) is 15.4. The summed E-state index contributed by atoms with van der Waals surface area (Å²) in [4.78, 5) is 21.3. The van der Waals surface area contributed by atoms with Crippen LogP contribution in [0.2, 0.25) is 0 Å². The largest absolute Gasteiger partial charge is 0.388 e. The Morgan fingerprint density at radius 1 is 1.19 bits per heavy atom. The molecule has 2 aliphatic rings. The summed E-state index contributed by atoms with van der Waals surface area (Å²) in [6, 6.07) is 9.27. The summed E-state index contributed by atoms with van der Waals surface area (Å²) in [5.41, 5.74) is 1.84. The molecule has 1 saturated heterocycles. The lowest BCUT2D eigenvalue weighted by atomic mass is 10.1. The predicted molar refractivity (Wildman–Crippen MR) is 117 cm³/mol. The van der Waals surface area contributed by atoms with Crippen molar-refractivity contribution in [3.8, 4) is 11.3 Å². The molecule has 2 aromatic heterocycles. The smallest absolute Gasteiger partial charge is 0.242 e. The van der Waals surface area contributed by atoms with Gasteiger partial charge in [-0.05, 0) is 26.7 Å². The van der Waals surface area contributed by atoms with Crippen molar-refractivity contribution >= 4 is 22.8 Å². The summed E-state index contributed by atoms with van der Waals surface area (Å²) in [5, 5.41) is 32.2. The fraction of sp³-hybridized carbons (Fsp3) is 0.455. The molecule has 1 aromatic carbocycles. The van der Waals surface area contributed by atoms with Crippen molar-refractivity contribution in [1.82, 2.24) is 25.1 Å². The monoisotopic (exact) mass is 438 g/mol. The third kappa shape index (κ3) is 3.70. The molecule has 5 atom stereocenters. The van der Waals surface area contributed by atoms with Gasteiger partial charge in [-0.2, -0.15) is 5.10 Å². The number of fused-ring (bicyclic) bond motifs is 1. The summed E-state index contributed by atoms with van der Waals surface area (Å²) in [6.07, 6.45) is -0.260. The van der Waals surface area contributed by atoms with Gasteiger partial charge in [0.1, 0.15) is 36.1 Å². The van der Waals surface area contributed by atoms with Crippen LogP contribution < -0.4 is 10.6 Å². The number of aromatic nitrogens is 4. The van der Waals surface area contributed by atoms with E-state index in [0.29, 0.717) is 22.5 Å². The average molecular weight is 438 g/mol. The van der Waals surface area contributed by atoms with Crippen LogP contribution in [0.3, 0.4) is 0 Å². The molecule has 0 unspecified atom stereocenters. The molecule has 2 fully saturated rings. The Morgan fingerprint density at radius 3 is 2.59 bits per heavy atom. The number of benzene rings is 1. The average Bonchev–Trinajstić information content (AvgIpc) is 3.48. The van der Waals surface area contributed by atoms with Gasteiger partial charge in [0.2, 0.25) is 5.91 Å². The molecule has 5 rings (SSSR count). The molecule has 1 aliphatic carbocycles. The molecule has 1 amide bonds. The van der Waals surface area contributed by atoms with Gasteiger partial charge in [-0.15, -0.1) is 0 Å². The SMILES string of the molecule is C[C@H](Nc1ncnc2c1c(-c1ccccc1)nn2[C@@H]1O[C@H](C)[C@@H](O)[C@H]1O)C(=O)NC1CC1. The first-order valence-electron chi connectivity index (χ1n) is 10.8. The Kier molecular flexibility index (Phi) is 5.28. The van der Waals surface area contributed by atoms with Crippen molar-refractivity contribution < 1.29 is 19.7 Å². The maximum Gasteiger partial charge on any atom is 0.242 e. The van der Waals surface area contributed by atoms with Crippen LogP contribution in [0.15, 0.2) is 36.7 Å². The summed E-state index contributed by atoms with van der Waals surface area (Å²) in [6.45, 7) is 3.47. The quantitative estimate of drug-likeness (QED) is 0.451. The Balaban J connectivity index is 1.59. The van der Waals surface area contributed by atoms with E-state index in [4.69, 9.17) is 9.84 Å². The maximum absolute atomic E-state index is 12.5. The summed E-state index contributed by atoms with van der Waals surface area (Å²) >= 11 is 0. The number of rotatable bonds is 6. The van der Waals surface area contributed by atoms with Gasteiger partial charge < -0.3 is 25.6 Å². The molecular weight excluding hydrogens is 412 g/mol. The van der Waals surface area contributed by atoms with Gasteiger partial charge in [0, 0.05) is 11.6 Å². The second-order valence-corrected chi connectivity index (χ2v) is 8.44. The molecule has 0 spiro atoms. The number of aliphatic hydroxyl groups excluding tert-OH is 2. The van der Waals surface area contributed by atoms with E-state index in [-0.39, 0.29) is 11.9 Å². The highest BCUT2D eigenvalue weighted by Gasteiger charge is 2.43. The van der Waals surface area contributed by atoms with Crippen LogP contribution in [0.5, 0.6) is 0 Å². The molecular formula is C22H26N6O4. The van der Waals surface area contributed by atoms with Gasteiger partial charge in [-0.3, -0.25) is 4.79 Å². The Hall–Kier alpha value is -3.08. The van der Waals surface area contributed by atoms with Crippen LogP contribution in [0.1, 0.15) is 32.9 Å². The predicted octanol–water partition coefficient (Wildman–Crippen LogP) is 1.21. The lowest BCUT2D eigenvalue weighted by Crippen LogP contribution is -2.38. The Bertz CT molecular complexity index is 1130. The molecule has 4 N–H and O–H groups in total. The van der Waals surface area contributed by atoms with Crippen LogP contribution in [0.4, 0.5) is 5.82 Å². The van der Waals surface area contributed by atoms with Gasteiger partial charge >= 0.3 is 0 Å². The highest BCUT2D eigenvalue weighted by Crippen LogP contribution is 2.37. The third-order valence-electron chi connectivity index (χ3n) is 5.92. The number of aliphatic hydroxyl groups is 2. The highest BCUT2D eigenvalue weighted by atomic mass is 16.6. The minimum absolute atomic E-state index is 0.0978. The van der Waals surface area contributed by atoms with Gasteiger partial charge in [0.15, 0.2) is 11.9 Å². The molecule has 10 nitrogen and oxygen atoms in total. The van der Waals surface area contributed by atoms with Gasteiger partial charge in [-0.1, -0.05) is 30.3 Å². The van der Waals surface area contributed by atoms with Gasteiger partial charge in [0.25, 0.3) is 0 Å². The lowest BCUT2D eigenvalue weighted by molar-refractivity contribution is -0.121. The Morgan fingerprint density at radius 2 is 1.94 bits per heavy atom. The highest BCUT2D eigenvalue weighted by molar-refractivity contribution is 6.00. The molecule has 10 heteroatoms. The number of carbonyl (C=O) groups excluding carboxylic acids is 1. The van der Waals surface area contributed by atoms with E-state index < -0.39 is 30.6 Å². The normalized spacial score (nSPS) is 26.2. The fourth-order valence-corrected chi connectivity index (χ4v) is 3.91. The third-order valence-corrected chi connectivity index (χ3v) is 5.92. The number of hydrogen-bond donors (Lipinski definition) is 4. The van der Waals surface area contributed by atoms with Crippen molar-refractivity contribution in [3.05, 3.63) is 36.7 Å². The molecule has 3 aromatic rings. The van der Waals surface area contributed by atoms with Crippen LogP contribution in [-0.4, -0.2) is 66.3 Å². The number of ether oxygens (including phenoxy) is 1. The van der Waals surface area contributed by atoms with E-state index in [9.17, 15) is 15.0 Å². The minimum Gasteiger partial charge on any atom is -0.388 e. The standard InChI is InChI=1S/C22H26N6O4/c1-11(21(31)26-14-8-9-14)25-19-15-16(13-6-4-3-5-7-13)27-28(20(15)24-10-23-19)22-18(30)17(29)12(2)32-22/h3-7,10-12,14,17-18,22,29-30H,8-9H2,1-2H3,(H,26,31)(H,23,24,25)/t11-,12+,17+,18+,22+/m0/s1. The maximum atomic E-state index is 12.5.